The number of benzene rings is 1. The maximum atomic E-state index is 13.8. The molecule has 3 rings (SSSR count). The van der Waals surface area contributed by atoms with E-state index in [1.165, 1.54) is 18.2 Å². The summed E-state index contributed by atoms with van der Waals surface area (Å²) in [4.78, 5) is 11.7. The number of hydrogen-bond donors (Lipinski definition) is 2. The van der Waals surface area contributed by atoms with Gasteiger partial charge in [0.25, 0.3) is 10.0 Å². The first-order valence-corrected chi connectivity index (χ1v) is 8.99. The number of nitrogens with one attached hydrogen (secondary N) is 2. The molecule has 1 aliphatic rings. The van der Waals surface area contributed by atoms with E-state index in [0.29, 0.717) is 5.69 Å². The van der Waals surface area contributed by atoms with E-state index in [2.05, 4.69) is 10.0 Å². The Hall–Kier alpha value is -1.93. The van der Waals surface area contributed by atoms with Gasteiger partial charge in [-0.05, 0) is 42.5 Å². The minimum absolute atomic E-state index is 0.0105. The van der Waals surface area contributed by atoms with E-state index in [1.54, 1.807) is 11.4 Å². The topological polar surface area (TPSA) is 75.3 Å². The van der Waals surface area contributed by atoms with Crippen molar-refractivity contribution in [3.63, 3.8) is 0 Å². The molecule has 1 amide bonds. The highest BCUT2D eigenvalue weighted by atomic mass is 32.2. The fourth-order valence-corrected chi connectivity index (χ4v) is 3.93. The van der Waals surface area contributed by atoms with Gasteiger partial charge in [0.05, 0.1) is 5.69 Å². The van der Waals surface area contributed by atoms with Crippen LogP contribution >= 0.6 is 11.3 Å². The van der Waals surface area contributed by atoms with Crippen molar-refractivity contribution >= 4 is 38.6 Å². The Morgan fingerprint density at radius 1 is 1.27 bits per heavy atom. The molecule has 1 saturated carbocycles. The lowest BCUT2D eigenvalue weighted by Gasteiger charge is -2.10. The van der Waals surface area contributed by atoms with Crippen LogP contribution in [0.15, 0.2) is 39.9 Å². The molecule has 1 aliphatic carbocycles. The summed E-state index contributed by atoms with van der Waals surface area (Å²) < 4.78 is 40.3. The van der Waals surface area contributed by atoms with Crippen LogP contribution in [-0.2, 0) is 14.8 Å². The minimum Gasteiger partial charge on any atom is -0.326 e. The van der Waals surface area contributed by atoms with Crippen LogP contribution in [0.2, 0.25) is 0 Å². The van der Waals surface area contributed by atoms with E-state index in [4.69, 9.17) is 0 Å². The molecule has 0 atom stereocenters. The highest BCUT2D eigenvalue weighted by Crippen LogP contribution is 2.31. The third-order valence-electron chi connectivity index (χ3n) is 3.19. The molecule has 0 spiro atoms. The van der Waals surface area contributed by atoms with Crippen LogP contribution in [0.4, 0.5) is 15.8 Å². The number of hydrogen-bond acceptors (Lipinski definition) is 4. The molecule has 1 heterocycles. The van der Waals surface area contributed by atoms with Gasteiger partial charge in [-0.2, -0.15) is 0 Å². The quantitative estimate of drug-likeness (QED) is 0.878. The van der Waals surface area contributed by atoms with Crippen molar-refractivity contribution < 1.29 is 17.6 Å². The molecule has 22 heavy (non-hydrogen) atoms. The van der Waals surface area contributed by atoms with Crippen LogP contribution in [0, 0.1) is 11.7 Å². The third-order valence-corrected chi connectivity index (χ3v) is 5.95. The molecule has 116 valence electrons. The standard InChI is InChI=1S/C14H13FN2O3S2/c15-11-6-5-10(16-14(18)9-3-4-9)8-12(11)17-22(19,20)13-2-1-7-21-13/h1-2,5-9,17H,3-4H2,(H,16,18). The van der Waals surface area contributed by atoms with E-state index in [0.717, 1.165) is 30.2 Å². The number of carbonyl (C=O) groups is 1. The zero-order chi connectivity index (χ0) is 15.7. The average Bonchev–Trinajstić information content (AvgIpc) is 3.16. The van der Waals surface area contributed by atoms with Gasteiger partial charge in [0.1, 0.15) is 10.0 Å². The number of rotatable bonds is 5. The first-order chi connectivity index (χ1) is 10.5. The second-order valence-corrected chi connectivity index (χ2v) is 7.85. The van der Waals surface area contributed by atoms with Crippen molar-refractivity contribution in [2.75, 3.05) is 10.0 Å². The van der Waals surface area contributed by atoms with Crippen molar-refractivity contribution in [3.05, 3.63) is 41.5 Å². The zero-order valence-corrected chi connectivity index (χ0v) is 13.0. The largest absolute Gasteiger partial charge is 0.326 e. The number of carbonyl (C=O) groups excluding carboxylic acids is 1. The third kappa shape index (κ3) is 3.28. The highest BCUT2D eigenvalue weighted by Gasteiger charge is 2.29. The molecule has 5 nitrogen and oxygen atoms in total. The van der Waals surface area contributed by atoms with Crippen molar-refractivity contribution in [2.24, 2.45) is 5.92 Å². The monoisotopic (exact) mass is 340 g/mol. The zero-order valence-electron chi connectivity index (χ0n) is 11.4. The predicted molar refractivity (Wildman–Crippen MR) is 82.9 cm³/mol. The van der Waals surface area contributed by atoms with Crippen molar-refractivity contribution in [1.29, 1.82) is 0 Å². The Labute approximate surface area is 131 Å². The fraction of sp³-hybridized carbons (Fsp3) is 0.214. The van der Waals surface area contributed by atoms with Gasteiger partial charge in [-0.15, -0.1) is 11.3 Å². The molecular weight excluding hydrogens is 327 g/mol. The molecule has 0 bridgehead atoms. The second-order valence-electron chi connectivity index (χ2n) is 5.00. The van der Waals surface area contributed by atoms with Crippen LogP contribution in [0.1, 0.15) is 12.8 Å². The lowest BCUT2D eigenvalue weighted by atomic mass is 10.2. The van der Waals surface area contributed by atoms with Crippen LogP contribution in [-0.4, -0.2) is 14.3 Å². The summed E-state index contributed by atoms with van der Waals surface area (Å²) in [6, 6.07) is 6.83. The number of sulfonamides is 1. The maximum Gasteiger partial charge on any atom is 0.271 e. The Balaban J connectivity index is 1.82. The SMILES string of the molecule is O=C(Nc1ccc(F)c(NS(=O)(=O)c2cccs2)c1)C1CC1. The van der Waals surface area contributed by atoms with Crippen molar-refractivity contribution in [1.82, 2.24) is 0 Å². The van der Waals surface area contributed by atoms with E-state index in [1.807, 2.05) is 0 Å². The molecule has 1 aromatic heterocycles. The average molecular weight is 340 g/mol. The predicted octanol–water partition coefficient (Wildman–Crippen LogP) is 3.04. The van der Waals surface area contributed by atoms with E-state index in [-0.39, 0.29) is 21.7 Å². The molecular formula is C14H13FN2O3S2. The Bertz CT molecular complexity index is 800. The number of thiophene rings is 1. The normalized spacial score (nSPS) is 14.6. The summed E-state index contributed by atoms with van der Waals surface area (Å²) in [5.74, 6) is -0.820. The molecule has 8 heteroatoms. The molecule has 1 aromatic carbocycles. The van der Waals surface area contributed by atoms with Crippen LogP contribution < -0.4 is 10.0 Å². The fourth-order valence-electron chi connectivity index (χ4n) is 1.88. The summed E-state index contributed by atoms with van der Waals surface area (Å²) in [6.07, 6.45) is 1.70. The number of halogens is 1. The van der Waals surface area contributed by atoms with Crippen LogP contribution in [0.3, 0.4) is 0 Å². The lowest BCUT2D eigenvalue weighted by Crippen LogP contribution is -2.15. The van der Waals surface area contributed by atoms with Gasteiger partial charge in [-0.25, -0.2) is 12.8 Å². The molecule has 0 aliphatic heterocycles. The summed E-state index contributed by atoms with van der Waals surface area (Å²) >= 11 is 1.04. The molecule has 2 aromatic rings. The number of amides is 1. The Kier molecular flexibility index (Phi) is 3.88. The van der Waals surface area contributed by atoms with Gasteiger partial charge in [-0.3, -0.25) is 9.52 Å². The van der Waals surface area contributed by atoms with Gasteiger partial charge < -0.3 is 5.32 Å². The smallest absolute Gasteiger partial charge is 0.271 e. The Morgan fingerprint density at radius 3 is 2.68 bits per heavy atom. The van der Waals surface area contributed by atoms with Crippen molar-refractivity contribution in [2.45, 2.75) is 17.1 Å². The molecule has 0 radical (unpaired) electrons. The summed E-state index contributed by atoms with van der Waals surface area (Å²) in [5, 5.41) is 4.28. The van der Waals surface area contributed by atoms with E-state index >= 15 is 0 Å². The first-order valence-electron chi connectivity index (χ1n) is 6.62. The van der Waals surface area contributed by atoms with Gasteiger partial charge >= 0.3 is 0 Å². The first kappa shape index (κ1) is 15.0. The second kappa shape index (κ2) is 5.69. The minimum atomic E-state index is -3.83. The molecule has 2 N–H and O–H groups in total. The molecule has 0 saturated heterocycles. The Morgan fingerprint density at radius 2 is 2.05 bits per heavy atom. The maximum absolute atomic E-state index is 13.8. The van der Waals surface area contributed by atoms with E-state index < -0.39 is 15.8 Å². The molecule has 0 unspecified atom stereocenters. The lowest BCUT2D eigenvalue weighted by molar-refractivity contribution is -0.117. The highest BCUT2D eigenvalue weighted by molar-refractivity contribution is 7.94. The van der Waals surface area contributed by atoms with Gasteiger partial charge in [0.2, 0.25) is 5.91 Å². The van der Waals surface area contributed by atoms with Gasteiger partial charge in [-0.1, -0.05) is 6.07 Å². The van der Waals surface area contributed by atoms with Gasteiger partial charge in [0.15, 0.2) is 0 Å². The van der Waals surface area contributed by atoms with E-state index in [9.17, 15) is 17.6 Å². The number of anilines is 2. The van der Waals surface area contributed by atoms with Crippen LogP contribution in [0.25, 0.3) is 0 Å². The summed E-state index contributed by atoms with van der Waals surface area (Å²) in [6.45, 7) is 0. The van der Waals surface area contributed by atoms with Crippen LogP contribution in [0.5, 0.6) is 0 Å². The van der Waals surface area contributed by atoms with Crippen molar-refractivity contribution in [3.8, 4) is 0 Å². The molecule has 1 fully saturated rings. The van der Waals surface area contributed by atoms with Gasteiger partial charge in [0, 0.05) is 11.6 Å². The summed E-state index contributed by atoms with van der Waals surface area (Å²) in [5.41, 5.74) is 0.171. The summed E-state index contributed by atoms with van der Waals surface area (Å²) in [7, 11) is -3.83.